The second kappa shape index (κ2) is 6.44. The van der Waals surface area contributed by atoms with Gasteiger partial charge in [-0.05, 0) is 44.6 Å². The first-order valence-electron chi connectivity index (χ1n) is 6.45. The third kappa shape index (κ3) is 3.61. The Bertz CT molecular complexity index is 138. The molecule has 0 radical (unpaired) electrons. The maximum atomic E-state index is 3.52. The van der Waals surface area contributed by atoms with Crippen molar-refractivity contribution >= 4 is 0 Å². The number of nitrogens with one attached hydrogen (secondary N) is 1. The molecule has 84 valence electrons. The molecular weight excluding hydrogens is 170 g/mol. The van der Waals surface area contributed by atoms with Crippen LogP contribution < -0.4 is 5.32 Å². The summed E-state index contributed by atoms with van der Waals surface area (Å²) < 4.78 is 0. The van der Waals surface area contributed by atoms with Gasteiger partial charge >= 0.3 is 0 Å². The van der Waals surface area contributed by atoms with E-state index in [1.54, 1.807) is 0 Å². The third-order valence-corrected chi connectivity index (χ3v) is 4.01. The average molecular weight is 197 g/mol. The summed E-state index contributed by atoms with van der Waals surface area (Å²) in [6.07, 6.45) is 9.98. The van der Waals surface area contributed by atoms with Gasteiger partial charge in [-0.1, -0.05) is 33.1 Å². The number of rotatable bonds is 6. The molecule has 2 unspecified atom stereocenters. The molecular formula is C13H27N. The van der Waals surface area contributed by atoms with Crippen molar-refractivity contribution in [3.8, 4) is 0 Å². The van der Waals surface area contributed by atoms with Gasteiger partial charge in [0.15, 0.2) is 0 Å². The summed E-state index contributed by atoms with van der Waals surface area (Å²) >= 11 is 0. The minimum absolute atomic E-state index is 0.798. The molecule has 0 aromatic heterocycles. The van der Waals surface area contributed by atoms with Crippen LogP contribution >= 0.6 is 0 Å². The molecule has 0 bridgehead atoms. The zero-order chi connectivity index (χ0) is 10.4. The fourth-order valence-electron chi connectivity index (χ4n) is 2.64. The van der Waals surface area contributed by atoms with Crippen LogP contribution in [0, 0.1) is 11.8 Å². The summed E-state index contributed by atoms with van der Waals surface area (Å²) in [5.41, 5.74) is 0. The lowest BCUT2D eigenvalue weighted by Gasteiger charge is -2.24. The zero-order valence-electron chi connectivity index (χ0n) is 10.2. The van der Waals surface area contributed by atoms with E-state index in [0.29, 0.717) is 0 Å². The molecule has 1 nitrogen and oxygen atoms in total. The fourth-order valence-corrected chi connectivity index (χ4v) is 2.64. The van der Waals surface area contributed by atoms with Gasteiger partial charge in [0, 0.05) is 6.04 Å². The molecule has 0 amide bonds. The minimum Gasteiger partial charge on any atom is -0.317 e. The normalized spacial score (nSPS) is 22.5. The lowest BCUT2D eigenvalue weighted by atomic mass is 9.90. The van der Waals surface area contributed by atoms with Crippen molar-refractivity contribution < 1.29 is 0 Å². The topological polar surface area (TPSA) is 12.0 Å². The molecule has 2 atom stereocenters. The van der Waals surface area contributed by atoms with Crippen LogP contribution in [0.3, 0.4) is 0 Å². The van der Waals surface area contributed by atoms with Gasteiger partial charge < -0.3 is 5.32 Å². The van der Waals surface area contributed by atoms with Gasteiger partial charge in [-0.2, -0.15) is 0 Å². The van der Waals surface area contributed by atoms with Crippen molar-refractivity contribution in [3.63, 3.8) is 0 Å². The molecule has 0 spiro atoms. The van der Waals surface area contributed by atoms with E-state index in [2.05, 4.69) is 26.2 Å². The first kappa shape index (κ1) is 12.0. The standard InChI is InChI=1S/C13H27N/c1-4-11(2)9-10-13(14-3)12-7-5-6-8-12/h11-14H,4-10H2,1-3H3. The first-order valence-corrected chi connectivity index (χ1v) is 6.45. The summed E-state index contributed by atoms with van der Waals surface area (Å²) in [4.78, 5) is 0. The number of hydrogen-bond acceptors (Lipinski definition) is 1. The van der Waals surface area contributed by atoms with Crippen molar-refractivity contribution in [3.05, 3.63) is 0 Å². The van der Waals surface area contributed by atoms with Crippen molar-refractivity contribution in [2.75, 3.05) is 7.05 Å². The van der Waals surface area contributed by atoms with Crippen LogP contribution in [0.25, 0.3) is 0 Å². The van der Waals surface area contributed by atoms with Gasteiger partial charge in [0.1, 0.15) is 0 Å². The molecule has 1 rings (SSSR count). The summed E-state index contributed by atoms with van der Waals surface area (Å²) in [5.74, 6) is 1.89. The van der Waals surface area contributed by atoms with E-state index in [1.807, 2.05) is 0 Å². The smallest absolute Gasteiger partial charge is 0.00924 e. The Balaban J connectivity index is 2.23. The van der Waals surface area contributed by atoms with E-state index in [9.17, 15) is 0 Å². The number of hydrogen-bond donors (Lipinski definition) is 1. The van der Waals surface area contributed by atoms with Crippen molar-refractivity contribution in [2.45, 2.75) is 64.8 Å². The molecule has 1 fully saturated rings. The van der Waals surface area contributed by atoms with Gasteiger partial charge in [0.2, 0.25) is 0 Å². The van der Waals surface area contributed by atoms with Gasteiger partial charge in [-0.15, -0.1) is 0 Å². The van der Waals surface area contributed by atoms with E-state index in [4.69, 9.17) is 0 Å². The van der Waals surface area contributed by atoms with Crippen LogP contribution in [-0.4, -0.2) is 13.1 Å². The fraction of sp³-hybridized carbons (Fsp3) is 1.00. The van der Waals surface area contributed by atoms with Crippen molar-refractivity contribution in [2.24, 2.45) is 11.8 Å². The molecule has 0 aromatic carbocycles. The Morgan fingerprint density at radius 3 is 2.36 bits per heavy atom. The second-order valence-electron chi connectivity index (χ2n) is 5.03. The van der Waals surface area contributed by atoms with E-state index >= 15 is 0 Å². The Kier molecular flexibility index (Phi) is 5.54. The molecule has 0 aliphatic heterocycles. The minimum atomic E-state index is 0.798. The van der Waals surface area contributed by atoms with E-state index in [-0.39, 0.29) is 0 Å². The quantitative estimate of drug-likeness (QED) is 0.686. The molecule has 1 heteroatoms. The first-order chi connectivity index (χ1) is 6.77. The Labute approximate surface area is 89.7 Å². The molecule has 1 N–H and O–H groups in total. The average Bonchev–Trinajstić information content (AvgIpc) is 2.72. The Hall–Kier alpha value is -0.0400. The van der Waals surface area contributed by atoms with Crippen LogP contribution in [0.5, 0.6) is 0 Å². The van der Waals surface area contributed by atoms with E-state index < -0.39 is 0 Å². The Morgan fingerprint density at radius 2 is 1.86 bits per heavy atom. The highest BCUT2D eigenvalue weighted by molar-refractivity contribution is 4.79. The van der Waals surface area contributed by atoms with Crippen LogP contribution in [0.15, 0.2) is 0 Å². The van der Waals surface area contributed by atoms with Crippen LogP contribution in [0.4, 0.5) is 0 Å². The van der Waals surface area contributed by atoms with Crippen LogP contribution in [0.2, 0.25) is 0 Å². The van der Waals surface area contributed by atoms with Gasteiger partial charge in [0.25, 0.3) is 0 Å². The highest BCUT2D eigenvalue weighted by Gasteiger charge is 2.23. The maximum absolute atomic E-state index is 3.52. The predicted octanol–water partition coefficient (Wildman–Crippen LogP) is 3.59. The molecule has 0 saturated heterocycles. The van der Waals surface area contributed by atoms with Crippen molar-refractivity contribution in [1.82, 2.24) is 5.32 Å². The molecule has 1 saturated carbocycles. The van der Waals surface area contributed by atoms with Gasteiger partial charge in [0.05, 0.1) is 0 Å². The van der Waals surface area contributed by atoms with Crippen LogP contribution in [-0.2, 0) is 0 Å². The van der Waals surface area contributed by atoms with Gasteiger partial charge in [-0.3, -0.25) is 0 Å². The third-order valence-electron chi connectivity index (χ3n) is 4.01. The molecule has 1 aliphatic carbocycles. The highest BCUT2D eigenvalue weighted by atomic mass is 14.9. The van der Waals surface area contributed by atoms with E-state index in [1.165, 1.54) is 44.9 Å². The maximum Gasteiger partial charge on any atom is 0.00924 e. The summed E-state index contributed by atoms with van der Waals surface area (Å²) in [6.45, 7) is 4.68. The monoisotopic (exact) mass is 197 g/mol. The zero-order valence-corrected chi connectivity index (χ0v) is 10.2. The molecule has 0 heterocycles. The SMILES string of the molecule is CCC(C)CCC(NC)C1CCCC1. The predicted molar refractivity (Wildman–Crippen MR) is 63.5 cm³/mol. The van der Waals surface area contributed by atoms with E-state index in [0.717, 1.165) is 17.9 Å². The van der Waals surface area contributed by atoms with Gasteiger partial charge in [-0.25, -0.2) is 0 Å². The lowest BCUT2D eigenvalue weighted by Crippen LogP contribution is -2.32. The lowest BCUT2D eigenvalue weighted by molar-refractivity contribution is 0.329. The molecule has 1 aliphatic rings. The molecule has 0 aromatic rings. The summed E-state index contributed by atoms with van der Waals surface area (Å²) in [7, 11) is 2.14. The molecule has 14 heavy (non-hydrogen) atoms. The second-order valence-corrected chi connectivity index (χ2v) is 5.03. The highest BCUT2D eigenvalue weighted by Crippen LogP contribution is 2.30. The largest absolute Gasteiger partial charge is 0.317 e. The summed E-state index contributed by atoms with van der Waals surface area (Å²) in [5, 5.41) is 3.52. The summed E-state index contributed by atoms with van der Waals surface area (Å²) in [6, 6.07) is 0.798. The Morgan fingerprint density at radius 1 is 1.21 bits per heavy atom. The van der Waals surface area contributed by atoms with Crippen molar-refractivity contribution in [1.29, 1.82) is 0 Å². The van der Waals surface area contributed by atoms with Crippen LogP contribution in [0.1, 0.15) is 58.8 Å².